The van der Waals surface area contributed by atoms with Crippen LogP contribution in [0.5, 0.6) is 0 Å². The number of thioether (sulfide) groups is 1. The van der Waals surface area contributed by atoms with E-state index in [2.05, 4.69) is 10.3 Å². The molecule has 0 saturated carbocycles. The molecule has 2 aromatic heterocycles. The third kappa shape index (κ3) is 4.61. The Bertz CT molecular complexity index is 1060. The number of aromatic nitrogens is 1. The topological polar surface area (TPSA) is 55.1 Å². The standard InChI is InChI=1S/C21H17FN2O2S2/c22-15-7-9-16(10-8-15)27-11-3-6-20(25)24-21-23-17(13-28-21)19-12-14-4-1-2-5-18(14)26-19/h1-2,4-5,7-10,12-13H,3,6,11H2,(H,23,24,25). The lowest BCUT2D eigenvalue weighted by Crippen LogP contribution is -2.11. The molecular weight excluding hydrogens is 395 g/mol. The Labute approximate surface area is 169 Å². The summed E-state index contributed by atoms with van der Waals surface area (Å²) in [6, 6.07) is 16.1. The minimum Gasteiger partial charge on any atom is -0.454 e. The minimum atomic E-state index is -0.241. The van der Waals surface area contributed by atoms with Crippen molar-refractivity contribution in [2.24, 2.45) is 0 Å². The zero-order valence-corrected chi connectivity index (χ0v) is 16.5. The van der Waals surface area contributed by atoms with Crippen molar-refractivity contribution in [2.45, 2.75) is 17.7 Å². The van der Waals surface area contributed by atoms with E-state index in [9.17, 15) is 9.18 Å². The van der Waals surface area contributed by atoms with Gasteiger partial charge in [0.1, 0.15) is 17.1 Å². The van der Waals surface area contributed by atoms with Crippen LogP contribution < -0.4 is 5.32 Å². The van der Waals surface area contributed by atoms with Gasteiger partial charge in [-0.15, -0.1) is 23.1 Å². The summed E-state index contributed by atoms with van der Waals surface area (Å²) in [7, 11) is 0. The maximum absolute atomic E-state index is 12.9. The molecule has 0 unspecified atom stereocenters. The van der Waals surface area contributed by atoms with E-state index in [0.29, 0.717) is 23.0 Å². The molecule has 0 bridgehead atoms. The Morgan fingerprint density at radius 1 is 1.18 bits per heavy atom. The van der Waals surface area contributed by atoms with Gasteiger partial charge in [0.25, 0.3) is 0 Å². The first-order valence-corrected chi connectivity index (χ1v) is 10.7. The normalized spacial score (nSPS) is 11.0. The van der Waals surface area contributed by atoms with Gasteiger partial charge in [-0.05, 0) is 48.6 Å². The van der Waals surface area contributed by atoms with Crippen molar-refractivity contribution in [3.05, 3.63) is 65.8 Å². The van der Waals surface area contributed by atoms with E-state index in [1.165, 1.54) is 23.5 Å². The second-order valence-electron chi connectivity index (χ2n) is 6.14. The number of benzene rings is 2. The summed E-state index contributed by atoms with van der Waals surface area (Å²) >= 11 is 2.98. The lowest BCUT2D eigenvalue weighted by atomic mass is 10.2. The van der Waals surface area contributed by atoms with Crippen LogP contribution in [0.25, 0.3) is 22.4 Å². The largest absolute Gasteiger partial charge is 0.454 e. The Kier molecular flexibility index (Phi) is 5.73. The quantitative estimate of drug-likeness (QED) is 0.290. The average Bonchev–Trinajstić information content (AvgIpc) is 3.33. The van der Waals surface area contributed by atoms with E-state index in [0.717, 1.165) is 28.0 Å². The lowest BCUT2D eigenvalue weighted by Gasteiger charge is -2.02. The summed E-state index contributed by atoms with van der Waals surface area (Å²) in [4.78, 5) is 17.6. The SMILES string of the molecule is O=C(CCCSc1ccc(F)cc1)Nc1nc(-c2cc3ccccc3o2)cs1. The van der Waals surface area contributed by atoms with Gasteiger partial charge in [-0.2, -0.15) is 0 Å². The van der Waals surface area contributed by atoms with Crippen LogP contribution in [0.15, 0.2) is 69.3 Å². The second-order valence-corrected chi connectivity index (χ2v) is 8.17. The number of hydrogen-bond donors (Lipinski definition) is 1. The summed E-state index contributed by atoms with van der Waals surface area (Å²) in [6.07, 6.45) is 1.14. The predicted octanol–water partition coefficient (Wildman–Crippen LogP) is 6.21. The highest BCUT2D eigenvalue weighted by Gasteiger charge is 2.11. The number of para-hydroxylation sites is 1. The summed E-state index contributed by atoms with van der Waals surface area (Å²) in [6.45, 7) is 0. The first-order chi connectivity index (χ1) is 13.7. The molecular formula is C21H17FN2O2S2. The highest BCUT2D eigenvalue weighted by atomic mass is 32.2. The molecule has 0 atom stereocenters. The second kappa shape index (κ2) is 8.58. The molecule has 0 fully saturated rings. The van der Waals surface area contributed by atoms with Crippen LogP contribution in [-0.4, -0.2) is 16.6 Å². The lowest BCUT2D eigenvalue weighted by molar-refractivity contribution is -0.116. The van der Waals surface area contributed by atoms with Crippen molar-refractivity contribution < 1.29 is 13.6 Å². The number of thiazole rings is 1. The predicted molar refractivity (Wildman–Crippen MR) is 112 cm³/mol. The molecule has 4 nitrogen and oxygen atoms in total. The number of halogens is 1. The molecule has 0 radical (unpaired) electrons. The zero-order valence-electron chi connectivity index (χ0n) is 14.9. The molecule has 2 aromatic carbocycles. The van der Waals surface area contributed by atoms with Crippen LogP contribution in [0.3, 0.4) is 0 Å². The number of furan rings is 1. The molecule has 4 aromatic rings. The van der Waals surface area contributed by atoms with Crippen molar-refractivity contribution in [3.8, 4) is 11.5 Å². The number of nitrogens with zero attached hydrogens (tertiary/aromatic N) is 1. The van der Waals surface area contributed by atoms with E-state index in [1.54, 1.807) is 23.9 Å². The summed E-state index contributed by atoms with van der Waals surface area (Å²) in [5.74, 6) is 1.18. The van der Waals surface area contributed by atoms with Crippen LogP contribution in [-0.2, 0) is 4.79 Å². The molecule has 0 aliphatic heterocycles. The van der Waals surface area contributed by atoms with Gasteiger partial charge in [-0.1, -0.05) is 18.2 Å². The van der Waals surface area contributed by atoms with Crippen molar-refractivity contribution in [3.63, 3.8) is 0 Å². The monoisotopic (exact) mass is 412 g/mol. The molecule has 0 saturated heterocycles. The number of fused-ring (bicyclic) bond motifs is 1. The Morgan fingerprint density at radius 3 is 2.82 bits per heavy atom. The molecule has 2 heterocycles. The number of carbonyl (C=O) groups excluding carboxylic acids is 1. The van der Waals surface area contributed by atoms with Gasteiger partial charge < -0.3 is 9.73 Å². The van der Waals surface area contributed by atoms with Gasteiger partial charge in [-0.25, -0.2) is 9.37 Å². The van der Waals surface area contributed by atoms with Gasteiger partial charge in [-0.3, -0.25) is 4.79 Å². The van der Waals surface area contributed by atoms with Gasteiger partial charge >= 0.3 is 0 Å². The number of anilines is 1. The Hall–Kier alpha value is -2.64. The van der Waals surface area contributed by atoms with E-state index in [4.69, 9.17) is 4.42 Å². The fourth-order valence-corrected chi connectivity index (χ4v) is 4.26. The van der Waals surface area contributed by atoms with Gasteiger partial charge in [0.2, 0.25) is 5.91 Å². The van der Waals surface area contributed by atoms with E-state index >= 15 is 0 Å². The summed E-state index contributed by atoms with van der Waals surface area (Å²) in [5, 5.41) is 6.30. The zero-order chi connectivity index (χ0) is 19.3. The number of rotatable bonds is 7. The molecule has 1 amide bonds. The van der Waals surface area contributed by atoms with Crippen molar-refractivity contribution in [1.82, 2.24) is 4.98 Å². The molecule has 4 rings (SSSR count). The third-order valence-electron chi connectivity index (χ3n) is 4.06. The van der Waals surface area contributed by atoms with Gasteiger partial charge in [0, 0.05) is 22.1 Å². The third-order valence-corrected chi connectivity index (χ3v) is 5.92. The molecule has 142 valence electrons. The van der Waals surface area contributed by atoms with Crippen molar-refractivity contribution >= 4 is 45.1 Å². The first kappa shape index (κ1) is 18.7. The smallest absolute Gasteiger partial charge is 0.226 e. The number of nitrogens with one attached hydrogen (secondary N) is 1. The first-order valence-electron chi connectivity index (χ1n) is 8.80. The highest BCUT2D eigenvalue weighted by Crippen LogP contribution is 2.30. The summed E-state index contributed by atoms with van der Waals surface area (Å²) < 4.78 is 18.7. The molecule has 0 aliphatic rings. The maximum Gasteiger partial charge on any atom is 0.226 e. The molecule has 0 aliphatic carbocycles. The van der Waals surface area contributed by atoms with Gasteiger partial charge in [0.05, 0.1) is 0 Å². The van der Waals surface area contributed by atoms with Crippen LogP contribution in [0, 0.1) is 5.82 Å². The summed E-state index contributed by atoms with van der Waals surface area (Å²) in [5.41, 5.74) is 1.53. The maximum atomic E-state index is 12.9. The average molecular weight is 413 g/mol. The van der Waals surface area contributed by atoms with Crippen molar-refractivity contribution in [1.29, 1.82) is 0 Å². The van der Waals surface area contributed by atoms with E-state index < -0.39 is 0 Å². The van der Waals surface area contributed by atoms with Crippen LogP contribution >= 0.6 is 23.1 Å². The highest BCUT2D eigenvalue weighted by molar-refractivity contribution is 7.99. The number of amides is 1. The number of hydrogen-bond acceptors (Lipinski definition) is 5. The van der Waals surface area contributed by atoms with E-state index in [1.807, 2.05) is 35.7 Å². The number of carbonyl (C=O) groups is 1. The molecule has 7 heteroatoms. The molecule has 0 spiro atoms. The fourth-order valence-electron chi connectivity index (χ4n) is 2.69. The Morgan fingerprint density at radius 2 is 2.00 bits per heavy atom. The van der Waals surface area contributed by atoms with Crippen LogP contribution in [0.2, 0.25) is 0 Å². The molecule has 28 heavy (non-hydrogen) atoms. The van der Waals surface area contributed by atoms with Gasteiger partial charge in [0.15, 0.2) is 10.9 Å². The van der Waals surface area contributed by atoms with Crippen molar-refractivity contribution in [2.75, 3.05) is 11.1 Å². The van der Waals surface area contributed by atoms with E-state index in [-0.39, 0.29) is 11.7 Å². The Balaban J connectivity index is 1.27. The minimum absolute atomic E-state index is 0.0646. The molecule has 1 N–H and O–H groups in total. The van der Waals surface area contributed by atoms with Crippen LogP contribution in [0.4, 0.5) is 9.52 Å². The fraction of sp³-hybridized carbons (Fsp3) is 0.143. The van der Waals surface area contributed by atoms with Crippen LogP contribution in [0.1, 0.15) is 12.8 Å².